The molecule has 2 aromatic heterocycles. The predicted molar refractivity (Wildman–Crippen MR) is 126 cm³/mol. The summed E-state index contributed by atoms with van der Waals surface area (Å²) in [5.41, 5.74) is 2.42. The molecule has 1 aromatic carbocycles. The van der Waals surface area contributed by atoms with Crippen LogP contribution < -0.4 is 5.32 Å². The quantitative estimate of drug-likeness (QED) is 0.580. The van der Waals surface area contributed by atoms with Gasteiger partial charge >= 0.3 is 0 Å². The predicted octanol–water partition coefficient (Wildman–Crippen LogP) is 3.22. The molecular weight excluding hydrogens is 437 g/mol. The number of carbonyl (C=O) groups is 2. The normalized spacial score (nSPS) is 16.5. The highest BCUT2D eigenvalue weighted by Gasteiger charge is 2.25. The number of aryl methyl sites for hydroxylation is 1. The van der Waals surface area contributed by atoms with Crippen molar-refractivity contribution in [3.05, 3.63) is 53.1 Å². The molecule has 1 aliphatic rings. The van der Waals surface area contributed by atoms with Crippen LogP contribution in [-0.4, -0.2) is 62.2 Å². The van der Waals surface area contributed by atoms with Crippen LogP contribution >= 0.6 is 0 Å². The molecule has 2 N–H and O–H groups in total. The first kappa shape index (κ1) is 23.8. The number of carbonyl (C=O) groups excluding carboxylic acids is 2. The Hall–Kier alpha value is -3.33. The van der Waals surface area contributed by atoms with E-state index in [1.807, 2.05) is 11.8 Å². The summed E-state index contributed by atoms with van der Waals surface area (Å²) in [6.45, 7) is 4.68. The van der Waals surface area contributed by atoms with E-state index in [1.165, 1.54) is 12.1 Å². The van der Waals surface area contributed by atoms with Crippen molar-refractivity contribution in [2.75, 3.05) is 19.7 Å². The summed E-state index contributed by atoms with van der Waals surface area (Å²) in [7, 11) is 0. The molecule has 1 fully saturated rings. The molecule has 9 heteroatoms. The molecule has 3 heterocycles. The van der Waals surface area contributed by atoms with Gasteiger partial charge in [-0.15, -0.1) is 0 Å². The van der Waals surface area contributed by atoms with Gasteiger partial charge in [-0.25, -0.2) is 13.9 Å². The van der Waals surface area contributed by atoms with Crippen molar-refractivity contribution in [1.82, 2.24) is 24.8 Å². The number of amides is 2. The number of aliphatic hydroxyl groups is 1. The third-order valence-corrected chi connectivity index (χ3v) is 6.30. The molecule has 3 aromatic rings. The monoisotopic (exact) mass is 467 g/mol. The number of aromatic nitrogens is 3. The second kappa shape index (κ2) is 10.3. The fourth-order valence-corrected chi connectivity index (χ4v) is 4.39. The van der Waals surface area contributed by atoms with Crippen LogP contribution in [0.25, 0.3) is 16.9 Å². The van der Waals surface area contributed by atoms with Crippen LogP contribution in [0.3, 0.4) is 0 Å². The number of halogens is 1. The topological polar surface area (TPSA) is 99.8 Å². The molecule has 0 aliphatic carbocycles. The van der Waals surface area contributed by atoms with Crippen LogP contribution in [0, 0.1) is 5.82 Å². The molecule has 1 aliphatic heterocycles. The van der Waals surface area contributed by atoms with Crippen LogP contribution in [-0.2, 0) is 6.42 Å². The molecular formula is C25H30FN5O3. The molecule has 1 saturated heterocycles. The van der Waals surface area contributed by atoms with Crippen LogP contribution in [0.2, 0.25) is 0 Å². The molecule has 2 amide bonds. The zero-order valence-corrected chi connectivity index (χ0v) is 19.6. The lowest BCUT2D eigenvalue weighted by molar-refractivity contribution is 0.0691. The maximum atomic E-state index is 14.9. The maximum absolute atomic E-state index is 14.9. The lowest BCUT2D eigenvalue weighted by atomic mass is 10.1. The van der Waals surface area contributed by atoms with Gasteiger partial charge in [0.25, 0.3) is 11.8 Å². The average Bonchev–Trinajstić information content (AvgIpc) is 3.15. The first-order valence-corrected chi connectivity index (χ1v) is 11.8. The Bertz CT molecular complexity index is 1210. The van der Waals surface area contributed by atoms with Crippen LogP contribution in [0.5, 0.6) is 0 Å². The van der Waals surface area contributed by atoms with E-state index in [1.54, 1.807) is 16.6 Å². The van der Waals surface area contributed by atoms with Gasteiger partial charge in [-0.3, -0.25) is 9.59 Å². The van der Waals surface area contributed by atoms with E-state index in [9.17, 15) is 14.0 Å². The molecule has 8 nitrogen and oxygen atoms in total. The number of likely N-dealkylation sites (tertiary alicyclic amines) is 1. The van der Waals surface area contributed by atoms with Crippen molar-refractivity contribution >= 4 is 17.5 Å². The Morgan fingerprint density at radius 3 is 2.76 bits per heavy atom. The average molecular weight is 468 g/mol. The van der Waals surface area contributed by atoms with Crippen LogP contribution in [0.4, 0.5) is 4.39 Å². The van der Waals surface area contributed by atoms with Crippen molar-refractivity contribution in [1.29, 1.82) is 0 Å². The van der Waals surface area contributed by atoms with Gasteiger partial charge in [0, 0.05) is 42.0 Å². The number of nitrogens with zero attached hydrogens (tertiary/aromatic N) is 4. The number of hydrogen-bond donors (Lipinski definition) is 2. The van der Waals surface area contributed by atoms with Crippen molar-refractivity contribution in [3.63, 3.8) is 0 Å². The Balaban J connectivity index is 1.67. The van der Waals surface area contributed by atoms with Crippen LogP contribution in [0.1, 0.15) is 66.1 Å². The minimum absolute atomic E-state index is 0.0845. The first-order chi connectivity index (χ1) is 16.4. The summed E-state index contributed by atoms with van der Waals surface area (Å²) in [4.78, 5) is 31.8. The molecule has 0 saturated carbocycles. The number of hydrogen-bond acceptors (Lipinski definition) is 5. The summed E-state index contributed by atoms with van der Waals surface area (Å²) in [6, 6.07) is 7.76. The smallest absolute Gasteiger partial charge is 0.272 e. The van der Waals surface area contributed by atoms with Gasteiger partial charge in [0.2, 0.25) is 0 Å². The Labute approximate surface area is 197 Å². The Morgan fingerprint density at radius 1 is 1.21 bits per heavy atom. The molecule has 1 unspecified atom stereocenters. The third kappa shape index (κ3) is 4.79. The third-order valence-electron chi connectivity index (χ3n) is 6.30. The van der Waals surface area contributed by atoms with Gasteiger partial charge in [-0.2, -0.15) is 5.10 Å². The maximum Gasteiger partial charge on any atom is 0.272 e. The fourth-order valence-electron chi connectivity index (χ4n) is 4.39. The van der Waals surface area contributed by atoms with Gasteiger partial charge in [0.1, 0.15) is 11.5 Å². The fraction of sp³-hybridized carbons (Fsp3) is 0.440. The van der Waals surface area contributed by atoms with E-state index >= 15 is 0 Å². The number of nitrogens with one attached hydrogen (secondary N) is 1. The van der Waals surface area contributed by atoms with Gasteiger partial charge < -0.3 is 15.3 Å². The lowest BCUT2D eigenvalue weighted by Crippen LogP contribution is -2.38. The van der Waals surface area contributed by atoms with Gasteiger partial charge in [0.15, 0.2) is 5.65 Å². The van der Waals surface area contributed by atoms with E-state index in [0.29, 0.717) is 23.5 Å². The number of rotatable bonds is 6. The first-order valence-electron chi connectivity index (χ1n) is 11.8. The van der Waals surface area contributed by atoms with E-state index in [-0.39, 0.29) is 36.2 Å². The second-order valence-electron chi connectivity index (χ2n) is 8.66. The van der Waals surface area contributed by atoms with E-state index in [0.717, 1.165) is 44.0 Å². The SMILES string of the molecule is CCc1cc(C(=O)N2CCCCCC2C)nc2cc(-c3ccc(C(=O)NCCO)cc3F)nn12. The number of fused-ring (bicyclic) bond motifs is 1. The zero-order valence-electron chi connectivity index (χ0n) is 19.6. The van der Waals surface area contributed by atoms with Crippen LogP contribution in [0.15, 0.2) is 30.3 Å². The highest BCUT2D eigenvalue weighted by Crippen LogP contribution is 2.25. The largest absolute Gasteiger partial charge is 0.395 e. The minimum atomic E-state index is -0.590. The molecule has 0 bridgehead atoms. The van der Waals surface area contributed by atoms with E-state index in [4.69, 9.17) is 5.11 Å². The molecule has 0 spiro atoms. The molecule has 180 valence electrons. The summed E-state index contributed by atoms with van der Waals surface area (Å²) in [6.07, 6.45) is 4.85. The standard InChI is InChI=1S/C25H30FN5O3/c1-3-18-14-22(25(34)30-11-6-4-5-7-16(30)2)28-23-15-21(29-31(18)23)19-9-8-17(13-20(19)26)24(33)27-10-12-32/h8-9,13-16,32H,3-7,10-12H2,1-2H3,(H,27,33). The molecule has 34 heavy (non-hydrogen) atoms. The van der Waals surface area contributed by atoms with Crippen molar-refractivity contribution in [2.24, 2.45) is 0 Å². The summed E-state index contributed by atoms with van der Waals surface area (Å²) < 4.78 is 16.5. The van der Waals surface area contributed by atoms with E-state index < -0.39 is 11.7 Å². The lowest BCUT2D eigenvalue weighted by Gasteiger charge is -2.27. The van der Waals surface area contributed by atoms with Crippen molar-refractivity contribution in [2.45, 2.75) is 52.0 Å². The second-order valence-corrected chi connectivity index (χ2v) is 8.66. The summed E-state index contributed by atoms with van der Waals surface area (Å²) in [5, 5.41) is 15.9. The molecule has 4 rings (SSSR count). The van der Waals surface area contributed by atoms with Crippen molar-refractivity contribution in [3.8, 4) is 11.3 Å². The molecule has 1 atom stereocenters. The highest BCUT2D eigenvalue weighted by molar-refractivity contribution is 5.95. The highest BCUT2D eigenvalue weighted by atomic mass is 19.1. The van der Waals surface area contributed by atoms with Gasteiger partial charge in [0.05, 0.1) is 12.3 Å². The Morgan fingerprint density at radius 2 is 2.03 bits per heavy atom. The van der Waals surface area contributed by atoms with Gasteiger partial charge in [-0.05, 0) is 50.5 Å². The number of aliphatic hydroxyl groups excluding tert-OH is 1. The summed E-state index contributed by atoms with van der Waals surface area (Å²) >= 11 is 0. The van der Waals surface area contributed by atoms with Gasteiger partial charge in [-0.1, -0.05) is 19.8 Å². The Kier molecular flexibility index (Phi) is 7.21. The van der Waals surface area contributed by atoms with Crippen molar-refractivity contribution < 1.29 is 19.1 Å². The number of benzene rings is 1. The molecule has 0 radical (unpaired) electrons. The van der Waals surface area contributed by atoms with E-state index in [2.05, 4.69) is 22.3 Å². The minimum Gasteiger partial charge on any atom is -0.395 e. The summed E-state index contributed by atoms with van der Waals surface area (Å²) in [5.74, 6) is -1.14. The zero-order chi connectivity index (χ0) is 24.2.